The molecule has 5 nitrogen and oxygen atoms in total. The van der Waals surface area contributed by atoms with Crippen LogP contribution in [0.3, 0.4) is 0 Å². The number of nitrogens with one attached hydrogen (secondary N) is 1. The minimum atomic E-state index is -0.0537. The molecule has 132 valence electrons. The Morgan fingerprint density at radius 1 is 1.24 bits per heavy atom. The molecule has 0 radical (unpaired) electrons. The van der Waals surface area contributed by atoms with Crippen LogP contribution in [-0.2, 0) is 4.74 Å². The van der Waals surface area contributed by atoms with E-state index in [9.17, 15) is 4.79 Å². The van der Waals surface area contributed by atoms with Crippen molar-refractivity contribution < 1.29 is 9.53 Å². The van der Waals surface area contributed by atoms with Crippen molar-refractivity contribution >= 4 is 5.91 Å². The highest BCUT2D eigenvalue weighted by Gasteiger charge is 2.38. The number of aromatic amines is 1. The Balaban J connectivity index is 1.54. The van der Waals surface area contributed by atoms with Crippen molar-refractivity contribution in [2.24, 2.45) is 0 Å². The topological polar surface area (TPSA) is 58.2 Å². The number of imidazole rings is 1. The van der Waals surface area contributed by atoms with E-state index in [-0.39, 0.29) is 18.1 Å². The van der Waals surface area contributed by atoms with Gasteiger partial charge in [0.25, 0.3) is 5.91 Å². The summed E-state index contributed by atoms with van der Waals surface area (Å²) in [7, 11) is 1.70. The smallest absolute Gasteiger partial charge is 0.254 e. The second-order valence-electron chi connectivity index (χ2n) is 7.14. The van der Waals surface area contributed by atoms with Gasteiger partial charge in [0.1, 0.15) is 5.82 Å². The van der Waals surface area contributed by atoms with Gasteiger partial charge >= 0.3 is 0 Å². The first-order valence-electron chi connectivity index (χ1n) is 9.19. The summed E-state index contributed by atoms with van der Waals surface area (Å²) in [6.45, 7) is 0.602. The summed E-state index contributed by atoms with van der Waals surface area (Å²) in [6.07, 6.45) is 9.55. The average molecular weight is 339 g/mol. The Hall–Kier alpha value is -2.14. The number of rotatable bonds is 4. The largest absolute Gasteiger partial charge is 0.380 e. The van der Waals surface area contributed by atoms with E-state index in [1.54, 1.807) is 19.5 Å². The molecule has 2 aliphatic rings. The van der Waals surface area contributed by atoms with Crippen molar-refractivity contribution in [2.45, 2.75) is 50.2 Å². The molecule has 1 aromatic carbocycles. The maximum Gasteiger partial charge on any atom is 0.254 e. The highest BCUT2D eigenvalue weighted by atomic mass is 16.5. The normalized spacial score (nSPS) is 24.1. The number of H-pyrrole nitrogens is 1. The molecule has 5 heteroatoms. The fourth-order valence-electron chi connectivity index (χ4n) is 4.23. The van der Waals surface area contributed by atoms with Gasteiger partial charge in [0, 0.05) is 38.0 Å². The molecule has 1 saturated carbocycles. The summed E-state index contributed by atoms with van der Waals surface area (Å²) < 4.78 is 5.51. The number of hydrogen-bond acceptors (Lipinski definition) is 3. The lowest BCUT2D eigenvalue weighted by molar-refractivity contribution is 0.0684. The van der Waals surface area contributed by atoms with Gasteiger partial charge in [-0.2, -0.15) is 0 Å². The number of nitrogens with zero attached hydrogens (tertiary/aromatic N) is 2. The number of carbonyl (C=O) groups is 1. The molecular formula is C20H25N3O2. The predicted molar refractivity (Wildman–Crippen MR) is 95.4 cm³/mol. The third-order valence-corrected chi connectivity index (χ3v) is 5.68. The molecule has 1 unspecified atom stereocenters. The molecule has 0 bridgehead atoms. The number of ether oxygens (including phenoxy) is 1. The lowest BCUT2D eigenvalue weighted by atomic mass is 9.96. The van der Waals surface area contributed by atoms with Crippen molar-refractivity contribution in [1.29, 1.82) is 0 Å². The third kappa shape index (κ3) is 3.21. The third-order valence-electron chi connectivity index (χ3n) is 5.68. The maximum atomic E-state index is 13.1. The quantitative estimate of drug-likeness (QED) is 0.924. The van der Waals surface area contributed by atoms with Gasteiger partial charge in [-0.25, -0.2) is 4.98 Å². The molecule has 1 aliphatic heterocycles. The summed E-state index contributed by atoms with van der Waals surface area (Å²) in [5.74, 6) is 1.55. The molecule has 2 aromatic rings. The summed E-state index contributed by atoms with van der Waals surface area (Å²) in [5, 5.41) is 0. The van der Waals surface area contributed by atoms with Crippen LogP contribution in [0.1, 0.15) is 65.8 Å². The highest BCUT2D eigenvalue weighted by molar-refractivity contribution is 5.94. The molecule has 2 atom stereocenters. The molecule has 2 heterocycles. The van der Waals surface area contributed by atoms with E-state index in [0.717, 1.165) is 17.8 Å². The van der Waals surface area contributed by atoms with Gasteiger partial charge in [-0.1, -0.05) is 25.0 Å². The lowest BCUT2D eigenvalue weighted by Crippen LogP contribution is -2.32. The molecular weight excluding hydrogens is 314 g/mol. The second-order valence-corrected chi connectivity index (χ2v) is 7.14. The van der Waals surface area contributed by atoms with Crippen molar-refractivity contribution in [1.82, 2.24) is 14.9 Å². The Labute approximate surface area is 148 Å². The zero-order valence-corrected chi connectivity index (χ0v) is 14.6. The number of carbonyl (C=O) groups excluding carboxylic acids is 1. The summed E-state index contributed by atoms with van der Waals surface area (Å²) >= 11 is 0. The standard InChI is InChI=1S/C20H25N3O2/c1-25-17-12-18(19-21-10-11-22-19)23(13-17)20(24)16-8-6-15(7-9-16)14-4-2-3-5-14/h6-11,14,17-18H,2-5,12-13H2,1H3,(H,21,22)/t17-,18?/m1/s1. The monoisotopic (exact) mass is 339 g/mol. The van der Waals surface area contributed by atoms with Gasteiger partial charge in [-0.15, -0.1) is 0 Å². The molecule has 1 N–H and O–H groups in total. The molecule has 1 amide bonds. The number of amides is 1. The predicted octanol–water partition coefficient (Wildman–Crippen LogP) is 3.67. The first-order chi connectivity index (χ1) is 12.3. The molecule has 4 rings (SSSR count). The van der Waals surface area contributed by atoms with Crippen LogP contribution in [0.2, 0.25) is 0 Å². The highest BCUT2D eigenvalue weighted by Crippen LogP contribution is 2.35. The number of likely N-dealkylation sites (tertiary alicyclic amines) is 1. The number of methoxy groups -OCH3 is 1. The van der Waals surface area contributed by atoms with Crippen LogP contribution >= 0.6 is 0 Å². The van der Waals surface area contributed by atoms with Gasteiger partial charge in [0.15, 0.2) is 0 Å². The Morgan fingerprint density at radius 2 is 2.00 bits per heavy atom. The minimum absolute atomic E-state index is 0.0526. The zero-order chi connectivity index (χ0) is 17.2. The number of hydrogen-bond donors (Lipinski definition) is 1. The van der Waals surface area contributed by atoms with Crippen LogP contribution in [0.4, 0.5) is 0 Å². The Kier molecular flexibility index (Phi) is 4.57. The van der Waals surface area contributed by atoms with Gasteiger partial charge in [0.05, 0.1) is 12.1 Å². The maximum absolute atomic E-state index is 13.1. The first-order valence-corrected chi connectivity index (χ1v) is 9.19. The zero-order valence-electron chi connectivity index (χ0n) is 14.6. The van der Waals surface area contributed by atoms with Crippen LogP contribution < -0.4 is 0 Å². The van der Waals surface area contributed by atoms with E-state index in [1.165, 1.54) is 31.2 Å². The number of benzene rings is 1. The van der Waals surface area contributed by atoms with E-state index >= 15 is 0 Å². The van der Waals surface area contributed by atoms with Crippen LogP contribution in [-0.4, -0.2) is 40.5 Å². The molecule has 1 aromatic heterocycles. The summed E-state index contributed by atoms with van der Waals surface area (Å²) in [4.78, 5) is 22.5. The van der Waals surface area contributed by atoms with Crippen molar-refractivity contribution in [3.8, 4) is 0 Å². The Morgan fingerprint density at radius 3 is 2.64 bits per heavy atom. The van der Waals surface area contributed by atoms with Crippen molar-refractivity contribution in [3.63, 3.8) is 0 Å². The van der Waals surface area contributed by atoms with E-state index < -0.39 is 0 Å². The van der Waals surface area contributed by atoms with E-state index in [1.807, 2.05) is 17.0 Å². The fraction of sp³-hybridized carbons (Fsp3) is 0.500. The van der Waals surface area contributed by atoms with Crippen molar-refractivity contribution in [2.75, 3.05) is 13.7 Å². The van der Waals surface area contributed by atoms with Crippen LogP contribution in [0.15, 0.2) is 36.7 Å². The fourth-order valence-corrected chi connectivity index (χ4v) is 4.23. The molecule has 1 aliphatic carbocycles. The lowest BCUT2D eigenvalue weighted by Gasteiger charge is -2.23. The summed E-state index contributed by atoms with van der Waals surface area (Å²) in [5.41, 5.74) is 2.11. The van der Waals surface area contributed by atoms with Crippen LogP contribution in [0, 0.1) is 0 Å². The van der Waals surface area contributed by atoms with Crippen LogP contribution in [0.25, 0.3) is 0 Å². The van der Waals surface area contributed by atoms with Crippen LogP contribution in [0.5, 0.6) is 0 Å². The van der Waals surface area contributed by atoms with Crippen molar-refractivity contribution in [3.05, 3.63) is 53.6 Å². The van der Waals surface area contributed by atoms with E-state index in [2.05, 4.69) is 22.1 Å². The van der Waals surface area contributed by atoms with Gasteiger partial charge in [-0.3, -0.25) is 4.79 Å². The molecule has 2 fully saturated rings. The molecule has 0 spiro atoms. The first kappa shape index (κ1) is 16.3. The van der Waals surface area contributed by atoms with E-state index in [0.29, 0.717) is 12.5 Å². The minimum Gasteiger partial charge on any atom is -0.380 e. The molecule has 25 heavy (non-hydrogen) atoms. The second kappa shape index (κ2) is 7.00. The van der Waals surface area contributed by atoms with E-state index in [4.69, 9.17) is 4.74 Å². The molecule has 1 saturated heterocycles. The van der Waals surface area contributed by atoms with Gasteiger partial charge in [-0.05, 0) is 36.5 Å². The Bertz CT molecular complexity index is 705. The van der Waals surface area contributed by atoms with Gasteiger partial charge < -0.3 is 14.6 Å². The number of aromatic nitrogens is 2. The SMILES string of the molecule is CO[C@@H]1CC(c2ncc[nH]2)N(C(=O)c2ccc(C3CCCC3)cc2)C1. The summed E-state index contributed by atoms with van der Waals surface area (Å²) in [6, 6.07) is 8.18. The van der Waals surface area contributed by atoms with Gasteiger partial charge in [0.2, 0.25) is 0 Å². The average Bonchev–Trinajstić information content (AvgIpc) is 3.42.